The molecule has 0 bridgehead atoms. The molecule has 116 valence electrons. The summed E-state index contributed by atoms with van der Waals surface area (Å²) >= 11 is 0. The Bertz CT molecular complexity index is 546. The van der Waals surface area contributed by atoms with Gasteiger partial charge < -0.3 is 4.74 Å². The minimum Gasteiger partial charge on any atom is -0.494 e. The van der Waals surface area contributed by atoms with Crippen LogP contribution in [0.4, 0.5) is 5.69 Å². The largest absolute Gasteiger partial charge is 0.494 e. The first-order valence-corrected chi connectivity index (χ1v) is 8.20. The van der Waals surface area contributed by atoms with Crippen molar-refractivity contribution in [3.8, 4) is 5.75 Å². The van der Waals surface area contributed by atoms with Gasteiger partial charge in [0.05, 0.1) is 12.3 Å². The summed E-state index contributed by atoms with van der Waals surface area (Å²) < 4.78 is 5.76. The summed E-state index contributed by atoms with van der Waals surface area (Å²) in [6.07, 6.45) is 8.20. The lowest BCUT2D eigenvalue weighted by molar-refractivity contribution is 0.304. The minimum absolute atomic E-state index is 0.807. The van der Waals surface area contributed by atoms with E-state index >= 15 is 0 Å². The van der Waals surface area contributed by atoms with Crippen molar-refractivity contribution in [2.24, 2.45) is 4.99 Å². The minimum atomic E-state index is 0.807. The number of nitrogens with zero attached hydrogens (tertiary/aromatic N) is 1. The van der Waals surface area contributed by atoms with E-state index < -0.39 is 0 Å². The number of para-hydroxylation sites is 1. The van der Waals surface area contributed by atoms with Gasteiger partial charge in [-0.3, -0.25) is 4.99 Å². The van der Waals surface area contributed by atoms with Crippen molar-refractivity contribution in [2.75, 3.05) is 6.61 Å². The van der Waals surface area contributed by atoms with Crippen LogP contribution < -0.4 is 4.74 Å². The Kier molecular flexibility index (Phi) is 7.24. The predicted molar refractivity (Wildman–Crippen MR) is 94.4 cm³/mol. The van der Waals surface area contributed by atoms with Crippen molar-refractivity contribution in [3.05, 3.63) is 60.2 Å². The fourth-order valence-electron chi connectivity index (χ4n) is 2.21. The molecule has 0 saturated heterocycles. The summed E-state index contributed by atoms with van der Waals surface area (Å²) in [6, 6.07) is 18.1. The normalized spacial score (nSPS) is 11.0. The molecule has 0 fully saturated rings. The SMILES string of the molecule is CCCCCCCOc1ccc(C=Nc2ccccc2)cc1. The quantitative estimate of drug-likeness (QED) is 0.424. The average molecular weight is 295 g/mol. The van der Waals surface area contributed by atoms with Gasteiger partial charge in [-0.1, -0.05) is 50.8 Å². The Morgan fingerprint density at radius 1 is 0.864 bits per heavy atom. The molecule has 0 aromatic heterocycles. The van der Waals surface area contributed by atoms with Gasteiger partial charge in [0.15, 0.2) is 0 Å². The van der Waals surface area contributed by atoms with Crippen molar-refractivity contribution in [1.82, 2.24) is 0 Å². The smallest absolute Gasteiger partial charge is 0.119 e. The summed E-state index contributed by atoms with van der Waals surface area (Å²) in [5, 5.41) is 0. The van der Waals surface area contributed by atoms with Crippen molar-refractivity contribution >= 4 is 11.9 Å². The summed E-state index contributed by atoms with van der Waals surface area (Å²) in [6.45, 7) is 3.04. The summed E-state index contributed by atoms with van der Waals surface area (Å²) in [5.74, 6) is 0.937. The predicted octanol–water partition coefficient (Wildman–Crippen LogP) is 5.79. The Morgan fingerprint density at radius 3 is 2.32 bits per heavy atom. The van der Waals surface area contributed by atoms with Crippen molar-refractivity contribution in [1.29, 1.82) is 0 Å². The summed E-state index contributed by atoms with van der Waals surface area (Å²) in [4.78, 5) is 4.44. The standard InChI is InChI=1S/C20H25NO/c1-2-3-4-5-9-16-22-20-14-12-18(13-15-20)17-21-19-10-7-6-8-11-19/h6-8,10-15,17H,2-5,9,16H2,1H3. The van der Waals surface area contributed by atoms with Crippen LogP contribution in [0.1, 0.15) is 44.6 Å². The zero-order chi connectivity index (χ0) is 15.5. The second kappa shape index (κ2) is 9.78. The van der Waals surface area contributed by atoms with Gasteiger partial charge in [0.2, 0.25) is 0 Å². The first-order chi connectivity index (χ1) is 10.9. The van der Waals surface area contributed by atoms with Crippen LogP contribution in [0.15, 0.2) is 59.6 Å². The molecule has 0 aliphatic rings. The van der Waals surface area contributed by atoms with E-state index in [0.29, 0.717) is 0 Å². The van der Waals surface area contributed by atoms with Crippen LogP contribution in [-0.4, -0.2) is 12.8 Å². The van der Waals surface area contributed by atoms with Crippen LogP contribution in [0.3, 0.4) is 0 Å². The number of benzene rings is 2. The third kappa shape index (κ3) is 6.13. The Hall–Kier alpha value is -2.09. The highest BCUT2D eigenvalue weighted by Crippen LogP contribution is 2.14. The van der Waals surface area contributed by atoms with Crippen LogP contribution in [0.5, 0.6) is 5.75 Å². The van der Waals surface area contributed by atoms with E-state index in [1.807, 2.05) is 60.8 Å². The van der Waals surface area contributed by atoms with E-state index in [0.717, 1.165) is 30.0 Å². The maximum absolute atomic E-state index is 5.76. The molecule has 0 spiro atoms. The Balaban J connectivity index is 1.74. The highest BCUT2D eigenvalue weighted by atomic mass is 16.5. The van der Waals surface area contributed by atoms with Crippen LogP contribution in [0.25, 0.3) is 0 Å². The lowest BCUT2D eigenvalue weighted by atomic mass is 10.2. The van der Waals surface area contributed by atoms with Crippen molar-refractivity contribution < 1.29 is 4.74 Å². The van der Waals surface area contributed by atoms with Gasteiger partial charge in [0, 0.05) is 6.21 Å². The average Bonchev–Trinajstić information content (AvgIpc) is 2.58. The first kappa shape index (κ1) is 16.3. The zero-order valence-corrected chi connectivity index (χ0v) is 13.4. The molecule has 0 unspecified atom stereocenters. The molecule has 0 heterocycles. The number of aliphatic imine (C=N–C) groups is 1. The van der Waals surface area contributed by atoms with E-state index in [1.165, 1.54) is 25.7 Å². The number of hydrogen-bond acceptors (Lipinski definition) is 2. The molecule has 0 atom stereocenters. The van der Waals surface area contributed by atoms with E-state index in [2.05, 4.69) is 11.9 Å². The molecule has 0 aliphatic heterocycles. The number of ether oxygens (including phenoxy) is 1. The number of unbranched alkanes of at least 4 members (excludes halogenated alkanes) is 4. The fourth-order valence-corrected chi connectivity index (χ4v) is 2.21. The molecule has 2 aromatic rings. The maximum atomic E-state index is 5.76. The number of hydrogen-bond donors (Lipinski definition) is 0. The van der Waals surface area contributed by atoms with Crippen LogP contribution in [-0.2, 0) is 0 Å². The van der Waals surface area contributed by atoms with Gasteiger partial charge in [-0.15, -0.1) is 0 Å². The first-order valence-electron chi connectivity index (χ1n) is 8.20. The zero-order valence-electron chi connectivity index (χ0n) is 13.4. The molecule has 0 aliphatic carbocycles. The van der Waals surface area contributed by atoms with Crippen LogP contribution in [0, 0.1) is 0 Å². The monoisotopic (exact) mass is 295 g/mol. The van der Waals surface area contributed by atoms with Crippen LogP contribution >= 0.6 is 0 Å². The second-order valence-corrected chi connectivity index (χ2v) is 5.43. The molecule has 2 nitrogen and oxygen atoms in total. The van der Waals surface area contributed by atoms with Gasteiger partial charge in [0.1, 0.15) is 5.75 Å². The third-order valence-electron chi connectivity index (χ3n) is 3.52. The highest BCUT2D eigenvalue weighted by molar-refractivity contribution is 5.82. The van der Waals surface area contributed by atoms with E-state index in [-0.39, 0.29) is 0 Å². The molecule has 0 saturated carbocycles. The lowest BCUT2D eigenvalue weighted by Crippen LogP contribution is -1.97. The van der Waals surface area contributed by atoms with Gasteiger partial charge in [-0.05, 0) is 48.4 Å². The highest BCUT2D eigenvalue weighted by Gasteiger charge is 1.95. The van der Waals surface area contributed by atoms with Gasteiger partial charge in [0.25, 0.3) is 0 Å². The van der Waals surface area contributed by atoms with Gasteiger partial charge >= 0.3 is 0 Å². The van der Waals surface area contributed by atoms with E-state index in [4.69, 9.17) is 4.74 Å². The lowest BCUT2D eigenvalue weighted by Gasteiger charge is -2.06. The molecule has 0 amide bonds. The second-order valence-electron chi connectivity index (χ2n) is 5.43. The molecular formula is C20H25NO. The van der Waals surface area contributed by atoms with Crippen molar-refractivity contribution in [3.63, 3.8) is 0 Å². The topological polar surface area (TPSA) is 21.6 Å². The van der Waals surface area contributed by atoms with Gasteiger partial charge in [-0.25, -0.2) is 0 Å². The third-order valence-corrected chi connectivity index (χ3v) is 3.52. The van der Waals surface area contributed by atoms with E-state index in [1.54, 1.807) is 0 Å². The molecule has 22 heavy (non-hydrogen) atoms. The van der Waals surface area contributed by atoms with Gasteiger partial charge in [-0.2, -0.15) is 0 Å². The fraction of sp³-hybridized carbons (Fsp3) is 0.350. The summed E-state index contributed by atoms with van der Waals surface area (Å²) in [7, 11) is 0. The van der Waals surface area contributed by atoms with E-state index in [9.17, 15) is 0 Å². The number of rotatable bonds is 9. The molecule has 2 heteroatoms. The Labute approximate surface area is 133 Å². The molecular weight excluding hydrogens is 270 g/mol. The van der Waals surface area contributed by atoms with Crippen LogP contribution in [0.2, 0.25) is 0 Å². The molecule has 0 N–H and O–H groups in total. The molecule has 2 rings (SSSR count). The molecule has 0 radical (unpaired) electrons. The Morgan fingerprint density at radius 2 is 1.59 bits per heavy atom. The molecule has 2 aromatic carbocycles. The maximum Gasteiger partial charge on any atom is 0.119 e. The summed E-state index contributed by atoms with van der Waals surface area (Å²) in [5.41, 5.74) is 2.05. The van der Waals surface area contributed by atoms with Crippen molar-refractivity contribution in [2.45, 2.75) is 39.0 Å².